The molecule has 1 fully saturated rings. The summed E-state index contributed by atoms with van der Waals surface area (Å²) >= 11 is 0. The van der Waals surface area contributed by atoms with Gasteiger partial charge < -0.3 is 43.2 Å². The average molecular weight is 736 g/mol. The minimum atomic E-state index is -1.01. The van der Waals surface area contributed by atoms with Crippen LogP contribution < -0.4 is 33.2 Å². The normalized spacial score (nSPS) is 16.2. The number of nitrogens with zero attached hydrogens (tertiary/aromatic N) is 1. The zero-order valence-electron chi connectivity index (χ0n) is 31.4. The summed E-state index contributed by atoms with van der Waals surface area (Å²) in [6.07, 6.45) is 4.73. The maximum atomic E-state index is 14.0. The van der Waals surface area contributed by atoms with Gasteiger partial charge in [0, 0.05) is 19.5 Å². The van der Waals surface area contributed by atoms with Crippen molar-refractivity contribution >= 4 is 29.6 Å². The van der Waals surface area contributed by atoms with Gasteiger partial charge in [0.15, 0.2) is 0 Å². The molecule has 3 rings (SSSR count). The lowest BCUT2D eigenvalue weighted by Gasteiger charge is -2.35. The van der Waals surface area contributed by atoms with Crippen LogP contribution in [0.15, 0.2) is 60.7 Å². The predicted molar refractivity (Wildman–Crippen MR) is 205 cm³/mol. The van der Waals surface area contributed by atoms with Crippen molar-refractivity contribution in [2.75, 3.05) is 26.2 Å². The third kappa shape index (κ3) is 14.9. The van der Waals surface area contributed by atoms with Crippen LogP contribution in [0.25, 0.3) is 0 Å². The molecular formula is C40H61N7O6. The highest BCUT2D eigenvalue weighted by molar-refractivity contribution is 5.95. The molecule has 53 heavy (non-hydrogen) atoms. The summed E-state index contributed by atoms with van der Waals surface area (Å²) < 4.78 is 0. The molecule has 1 heterocycles. The van der Waals surface area contributed by atoms with E-state index in [9.17, 15) is 29.1 Å². The van der Waals surface area contributed by atoms with Crippen molar-refractivity contribution in [3.63, 3.8) is 0 Å². The van der Waals surface area contributed by atoms with Crippen LogP contribution in [0.1, 0.15) is 76.3 Å². The molecule has 5 atom stereocenters. The lowest BCUT2D eigenvalue weighted by atomic mass is 9.85. The first-order valence-corrected chi connectivity index (χ1v) is 19.1. The Hall–Kier alpha value is -4.33. The van der Waals surface area contributed by atoms with Gasteiger partial charge in [0.25, 0.3) is 0 Å². The van der Waals surface area contributed by atoms with Gasteiger partial charge in [0.05, 0.1) is 12.0 Å². The van der Waals surface area contributed by atoms with Crippen molar-refractivity contribution in [2.45, 2.75) is 102 Å². The Kier molecular flexibility index (Phi) is 18.4. The summed E-state index contributed by atoms with van der Waals surface area (Å²) in [6.45, 7) is 5.55. The second-order valence-electron chi connectivity index (χ2n) is 14.7. The first-order valence-electron chi connectivity index (χ1n) is 19.1. The maximum Gasteiger partial charge on any atom is 0.306 e. The molecule has 13 nitrogen and oxygen atoms in total. The predicted octanol–water partition coefficient (Wildman–Crippen LogP) is 2.11. The number of aliphatic carboxylic acids is 1. The van der Waals surface area contributed by atoms with Crippen LogP contribution >= 0.6 is 0 Å². The first-order chi connectivity index (χ1) is 25.4. The number of carbonyl (C=O) groups excluding carboxylic acids is 4. The number of unbranched alkanes of at least 4 members (excludes halogenated alkanes) is 1. The number of rotatable bonds is 22. The number of amides is 4. The third-order valence-electron chi connectivity index (χ3n) is 9.86. The third-order valence-corrected chi connectivity index (χ3v) is 9.86. The van der Waals surface area contributed by atoms with E-state index in [-0.39, 0.29) is 24.2 Å². The number of nitrogens with one attached hydrogen (secondary N) is 3. The molecule has 0 spiro atoms. The largest absolute Gasteiger partial charge is 0.481 e. The fourth-order valence-electron chi connectivity index (χ4n) is 6.85. The molecule has 0 aliphatic carbocycles. The van der Waals surface area contributed by atoms with Crippen LogP contribution in [0, 0.1) is 17.8 Å². The highest BCUT2D eigenvalue weighted by Gasteiger charge is 2.34. The Morgan fingerprint density at radius 2 is 1.28 bits per heavy atom. The molecule has 0 bridgehead atoms. The minimum Gasteiger partial charge on any atom is -0.481 e. The number of benzene rings is 2. The fourth-order valence-corrected chi connectivity index (χ4v) is 6.85. The van der Waals surface area contributed by atoms with Crippen LogP contribution in [0.5, 0.6) is 0 Å². The molecule has 1 unspecified atom stereocenters. The number of piperidine rings is 1. The Morgan fingerprint density at radius 1 is 0.736 bits per heavy atom. The summed E-state index contributed by atoms with van der Waals surface area (Å²) in [5.74, 6) is -2.87. The maximum absolute atomic E-state index is 14.0. The van der Waals surface area contributed by atoms with E-state index < -0.39 is 53.8 Å². The van der Waals surface area contributed by atoms with E-state index in [4.69, 9.17) is 17.2 Å². The fraction of sp³-hybridized carbons (Fsp3) is 0.575. The van der Waals surface area contributed by atoms with Crippen LogP contribution in [0.2, 0.25) is 0 Å². The van der Waals surface area contributed by atoms with Crippen molar-refractivity contribution in [3.05, 3.63) is 71.8 Å². The SMILES string of the molecule is CC(C)C[C@@H](NC(=O)[C@@H](Cc1ccccc1)NC(=O)[C@H](N)Cc1ccccc1)C(=O)N[C@H](CCCCN)C(=O)N1CCC(CC(CCN)C(=O)O)CC1. The monoisotopic (exact) mass is 735 g/mol. The molecule has 2 aromatic carbocycles. The van der Waals surface area contributed by atoms with Gasteiger partial charge in [-0.05, 0) is 93.8 Å². The van der Waals surface area contributed by atoms with Crippen molar-refractivity contribution in [2.24, 2.45) is 35.0 Å². The Labute approximate surface area is 314 Å². The summed E-state index contributed by atoms with van der Waals surface area (Å²) in [5.41, 5.74) is 19.4. The Morgan fingerprint density at radius 3 is 1.83 bits per heavy atom. The van der Waals surface area contributed by atoms with Crippen molar-refractivity contribution in [3.8, 4) is 0 Å². The van der Waals surface area contributed by atoms with Gasteiger partial charge in [0.1, 0.15) is 18.1 Å². The molecule has 0 saturated carbocycles. The zero-order valence-corrected chi connectivity index (χ0v) is 31.4. The number of carboxylic acid groups (broad SMARTS) is 1. The van der Waals surface area contributed by atoms with Gasteiger partial charge in [0.2, 0.25) is 23.6 Å². The smallest absolute Gasteiger partial charge is 0.306 e. The summed E-state index contributed by atoms with van der Waals surface area (Å²) in [5, 5.41) is 18.2. The average Bonchev–Trinajstić information content (AvgIpc) is 3.14. The number of hydrogen-bond donors (Lipinski definition) is 7. The van der Waals surface area contributed by atoms with Gasteiger partial charge >= 0.3 is 5.97 Å². The highest BCUT2D eigenvalue weighted by atomic mass is 16.4. The second-order valence-corrected chi connectivity index (χ2v) is 14.7. The Bertz CT molecular complexity index is 1440. The molecule has 10 N–H and O–H groups in total. The van der Waals surface area contributed by atoms with Crippen molar-refractivity contribution in [1.29, 1.82) is 0 Å². The number of carboxylic acids is 1. The number of likely N-dealkylation sites (tertiary alicyclic amines) is 1. The van der Waals surface area contributed by atoms with E-state index in [1.165, 1.54) is 0 Å². The molecule has 4 amide bonds. The first kappa shape index (κ1) is 43.1. The van der Waals surface area contributed by atoms with E-state index in [0.717, 1.165) is 11.1 Å². The lowest BCUT2D eigenvalue weighted by molar-refractivity contribution is -0.143. The van der Waals surface area contributed by atoms with E-state index in [1.807, 2.05) is 74.5 Å². The van der Waals surface area contributed by atoms with Gasteiger partial charge in [-0.3, -0.25) is 24.0 Å². The molecule has 1 saturated heterocycles. The van der Waals surface area contributed by atoms with Crippen molar-refractivity contribution < 1.29 is 29.1 Å². The van der Waals surface area contributed by atoms with E-state index in [2.05, 4.69) is 16.0 Å². The standard InChI is InChI=1S/C40H61N7O6/c1-27(2)23-34(46-38(50)35(26-29-13-7-4-8-14-29)45-36(48)32(43)25-28-11-5-3-6-12-28)37(49)44-33(15-9-10-19-41)39(51)47-21-17-30(18-22-47)24-31(16-20-42)40(52)53/h3-8,11-14,27,30-35H,9-10,15-26,41-43H2,1-2H3,(H,44,49)(H,45,48)(H,46,50)(H,52,53)/t31?,32-,33-,34-,35-/m1/s1. The summed E-state index contributed by atoms with van der Waals surface area (Å²) in [6, 6.07) is 15.0. The molecular weight excluding hydrogens is 674 g/mol. The second kappa shape index (κ2) is 22.7. The molecule has 0 radical (unpaired) electrons. The summed E-state index contributed by atoms with van der Waals surface area (Å²) in [4.78, 5) is 68.5. The van der Waals surface area contributed by atoms with Crippen LogP contribution in [-0.4, -0.2) is 90.0 Å². The minimum absolute atomic E-state index is 0.0202. The quantitative estimate of drug-likeness (QED) is 0.0879. The van der Waals surface area contributed by atoms with Gasteiger partial charge in [-0.1, -0.05) is 74.5 Å². The highest BCUT2D eigenvalue weighted by Crippen LogP contribution is 2.26. The number of nitrogens with two attached hydrogens (primary N) is 3. The molecule has 292 valence electrons. The topological polar surface area (TPSA) is 223 Å². The Balaban J connectivity index is 1.73. The molecule has 1 aliphatic heterocycles. The number of hydrogen-bond acceptors (Lipinski definition) is 8. The number of carbonyl (C=O) groups is 5. The lowest BCUT2D eigenvalue weighted by Crippen LogP contribution is -2.59. The van der Waals surface area contributed by atoms with Crippen LogP contribution in [-0.2, 0) is 36.8 Å². The van der Waals surface area contributed by atoms with E-state index in [1.54, 1.807) is 4.90 Å². The van der Waals surface area contributed by atoms with Crippen LogP contribution in [0.4, 0.5) is 0 Å². The van der Waals surface area contributed by atoms with Gasteiger partial charge in [-0.25, -0.2) is 0 Å². The van der Waals surface area contributed by atoms with Crippen LogP contribution in [0.3, 0.4) is 0 Å². The van der Waals surface area contributed by atoms with E-state index >= 15 is 0 Å². The summed E-state index contributed by atoms with van der Waals surface area (Å²) in [7, 11) is 0. The molecule has 0 aromatic heterocycles. The molecule has 2 aromatic rings. The zero-order chi connectivity index (χ0) is 38.8. The van der Waals surface area contributed by atoms with Gasteiger partial charge in [-0.15, -0.1) is 0 Å². The van der Waals surface area contributed by atoms with Gasteiger partial charge in [-0.2, -0.15) is 0 Å². The van der Waals surface area contributed by atoms with E-state index in [0.29, 0.717) is 84.0 Å². The molecule has 13 heteroatoms. The van der Waals surface area contributed by atoms with Crippen molar-refractivity contribution in [1.82, 2.24) is 20.9 Å². The molecule has 1 aliphatic rings.